The highest BCUT2D eigenvalue weighted by atomic mass is 19.1. The summed E-state index contributed by atoms with van der Waals surface area (Å²) < 4.78 is 26.6. The zero-order valence-corrected chi connectivity index (χ0v) is 10.7. The van der Waals surface area contributed by atoms with Gasteiger partial charge in [0, 0.05) is 5.56 Å². The second-order valence-corrected chi connectivity index (χ2v) is 4.11. The number of benzene rings is 2. The fourth-order valence-corrected chi connectivity index (χ4v) is 1.73. The molecule has 0 radical (unpaired) electrons. The zero-order chi connectivity index (χ0) is 15.4. The van der Waals surface area contributed by atoms with E-state index in [0.717, 1.165) is 18.2 Å². The summed E-state index contributed by atoms with van der Waals surface area (Å²) in [7, 11) is 0. The summed E-state index contributed by atoms with van der Waals surface area (Å²) in [6.07, 6.45) is 0. The number of amides is 1. The summed E-state index contributed by atoms with van der Waals surface area (Å²) in [4.78, 5) is 12.0. The van der Waals surface area contributed by atoms with Crippen LogP contribution in [0.2, 0.25) is 0 Å². The fourth-order valence-electron chi connectivity index (χ4n) is 1.73. The summed E-state index contributed by atoms with van der Waals surface area (Å²) in [6.45, 7) is 0. The average molecular weight is 291 g/mol. The number of amidine groups is 1. The monoisotopic (exact) mass is 291 g/mol. The van der Waals surface area contributed by atoms with Crippen LogP contribution >= 0.6 is 0 Å². The summed E-state index contributed by atoms with van der Waals surface area (Å²) >= 11 is 0. The van der Waals surface area contributed by atoms with Crippen LogP contribution in [0.15, 0.2) is 47.6 Å². The van der Waals surface area contributed by atoms with E-state index in [-0.39, 0.29) is 17.1 Å². The van der Waals surface area contributed by atoms with Crippen LogP contribution < -0.4 is 11.1 Å². The minimum atomic E-state index is -0.852. The molecule has 0 aliphatic heterocycles. The number of anilines is 1. The number of carbonyl (C=O) groups is 1. The highest BCUT2D eigenvalue weighted by molar-refractivity contribution is 6.09. The third-order valence-corrected chi connectivity index (χ3v) is 2.73. The molecule has 5 nitrogen and oxygen atoms in total. The molecule has 0 unspecified atom stereocenters. The molecule has 2 aromatic carbocycles. The Balaban J connectivity index is 2.34. The Morgan fingerprint density at radius 2 is 1.86 bits per heavy atom. The normalized spacial score (nSPS) is 11.2. The molecule has 0 aromatic heterocycles. The van der Waals surface area contributed by atoms with E-state index < -0.39 is 23.1 Å². The van der Waals surface area contributed by atoms with Crippen molar-refractivity contribution < 1.29 is 18.8 Å². The van der Waals surface area contributed by atoms with Gasteiger partial charge < -0.3 is 16.3 Å². The van der Waals surface area contributed by atoms with Gasteiger partial charge >= 0.3 is 0 Å². The fraction of sp³-hybridized carbons (Fsp3) is 0. The first-order valence-electron chi connectivity index (χ1n) is 5.86. The van der Waals surface area contributed by atoms with Crippen molar-refractivity contribution in [3.63, 3.8) is 0 Å². The van der Waals surface area contributed by atoms with Gasteiger partial charge in [0.25, 0.3) is 5.91 Å². The molecule has 4 N–H and O–H groups in total. The predicted molar refractivity (Wildman–Crippen MR) is 73.3 cm³/mol. The smallest absolute Gasteiger partial charge is 0.258 e. The maximum Gasteiger partial charge on any atom is 0.258 e. The van der Waals surface area contributed by atoms with Gasteiger partial charge in [-0.15, -0.1) is 0 Å². The third kappa shape index (κ3) is 3.14. The van der Waals surface area contributed by atoms with Crippen LogP contribution in [0.5, 0.6) is 0 Å². The first kappa shape index (κ1) is 14.4. The maximum atomic E-state index is 13.5. The number of halogens is 2. The third-order valence-electron chi connectivity index (χ3n) is 2.73. The van der Waals surface area contributed by atoms with E-state index in [0.29, 0.717) is 0 Å². The summed E-state index contributed by atoms with van der Waals surface area (Å²) in [6, 6.07) is 8.78. The SMILES string of the molecule is N/C(=N/O)c1ccccc1NC(=O)c1cc(F)ccc1F. The maximum absolute atomic E-state index is 13.5. The van der Waals surface area contributed by atoms with Gasteiger partial charge in [-0.25, -0.2) is 8.78 Å². The number of oxime groups is 1. The average Bonchev–Trinajstić information content (AvgIpc) is 2.49. The van der Waals surface area contributed by atoms with Crippen molar-refractivity contribution in [1.82, 2.24) is 0 Å². The summed E-state index contributed by atoms with van der Waals surface area (Å²) in [5, 5.41) is 13.9. The number of rotatable bonds is 3. The second-order valence-electron chi connectivity index (χ2n) is 4.11. The first-order chi connectivity index (χ1) is 10.0. The van der Waals surface area contributed by atoms with Gasteiger partial charge in [0.2, 0.25) is 0 Å². The number of nitrogens with two attached hydrogens (primary N) is 1. The van der Waals surface area contributed by atoms with Crippen LogP contribution in [0.3, 0.4) is 0 Å². The number of nitrogens with zero attached hydrogens (tertiary/aromatic N) is 1. The van der Waals surface area contributed by atoms with Gasteiger partial charge in [0.05, 0.1) is 11.3 Å². The second kappa shape index (κ2) is 6.00. The van der Waals surface area contributed by atoms with Crippen molar-refractivity contribution in [1.29, 1.82) is 0 Å². The molecule has 7 heteroatoms. The van der Waals surface area contributed by atoms with Crippen LogP contribution in [0.25, 0.3) is 0 Å². The molecule has 1 amide bonds. The van der Waals surface area contributed by atoms with E-state index in [4.69, 9.17) is 10.9 Å². The molecular weight excluding hydrogens is 280 g/mol. The van der Waals surface area contributed by atoms with Crippen molar-refractivity contribution in [2.75, 3.05) is 5.32 Å². The lowest BCUT2D eigenvalue weighted by Crippen LogP contribution is -2.20. The molecule has 21 heavy (non-hydrogen) atoms. The number of hydrogen-bond acceptors (Lipinski definition) is 3. The number of carbonyl (C=O) groups excluding carboxylic acids is 1. The first-order valence-corrected chi connectivity index (χ1v) is 5.86. The molecule has 0 spiro atoms. The van der Waals surface area contributed by atoms with Crippen molar-refractivity contribution in [2.45, 2.75) is 0 Å². The molecule has 0 saturated carbocycles. The van der Waals surface area contributed by atoms with Crippen LogP contribution in [0.4, 0.5) is 14.5 Å². The van der Waals surface area contributed by atoms with Gasteiger partial charge in [-0.2, -0.15) is 0 Å². The van der Waals surface area contributed by atoms with E-state index >= 15 is 0 Å². The summed E-state index contributed by atoms with van der Waals surface area (Å²) in [5.41, 5.74) is 5.50. The van der Waals surface area contributed by atoms with Crippen molar-refractivity contribution in [3.8, 4) is 0 Å². The summed E-state index contributed by atoms with van der Waals surface area (Å²) in [5.74, 6) is -2.64. The van der Waals surface area contributed by atoms with E-state index in [9.17, 15) is 13.6 Å². The van der Waals surface area contributed by atoms with E-state index in [1.165, 1.54) is 12.1 Å². The Hall–Kier alpha value is -2.96. The molecule has 0 heterocycles. The van der Waals surface area contributed by atoms with Gasteiger partial charge in [-0.1, -0.05) is 17.3 Å². The minimum Gasteiger partial charge on any atom is -0.409 e. The van der Waals surface area contributed by atoms with Crippen LogP contribution in [-0.4, -0.2) is 17.0 Å². The van der Waals surface area contributed by atoms with Gasteiger partial charge in [0.15, 0.2) is 5.84 Å². The van der Waals surface area contributed by atoms with Gasteiger partial charge in [0.1, 0.15) is 11.6 Å². The molecule has 0 bridgehead atoms. The van der Waals surface area contributed by atoms with Gasteiger partial charge in [-0.3, -0.25) is 4.79 Å². The molecule has 0 aliphatic carbocycles. The topological polar surface area (TPSA) is 87.7 Å². The number of hydrogen-bond donors (Lipinski definition) is 3. The Kier molecular flexibility index (Phi) is 4.13. The van der Waals surface area contributed by atoms with Gasteiger partial charge in [-0.05, 0) is 30.3 Å². The minimum absolute atomic E-state index is 0.210. The molecular formula is C14H11F2N3O2. The largest absolute Gasteiger partial charge is 0.409 e. The number of nitrogens with one attached hydrogen (secondary N) is 1. The highest BCUT2D eigenvalue weighted by Gasteiger charge is 2.15. The predicted octanol–water partition coefficient (Wildman–Crippen LogP) is 2.31. The molecule has 2 rings (SSSR count). The number of para-hydroxylation sites is 1. The highest BCUT2D eigenvalue weighted by Crippen LogP contribution is 2.17. The van der Waals surface area contributed by atoms with E-state index in [2.05, 4.69) is 10.5 Å². The zero-order valence-electron chi connectivity index (χ0n) is 10.7. The van der Waals surface area contributed by atoms with E-state index in [1.54, 1.807) is 12.1 Å². The lowest BCUT2D eigenvalue weighted by atomic mass is 10.1. The Bertz CT molecular complexity index is 717. The lowest BCUT2D eigenvalue weighted by Gasteiger charge is -2.10. The molecule has 0 aliphatic rings. The van der Waals surface area contributed by atoms with Crippen LogP contribution in [0, 0.1) is 11.6 Å². The van der Waals surface area contributed by atoms with Crippen molar-refractivity contribution >= 4 is 17.4 Å². The standard InChI is InChI=1S/C14H11F2N3O2/c15-8-5-6-11(16)10(7-8)14(20)18-12-4-2-1-3-9(12)13(17)19-21/h1-7,21H,(H2,17,19)(H,18,20). The molecule has 0 atom stereocenters. The molecule has 0 saturated heterocycles. The van der Waals surface area contributed by atoms with Crippen molar-refractivity contribution in [2.24, 2.45) is 10.9 Å². The van der Waals surface area contributed by atoms with Crippen LogP contribution in [0.1, 0.15) is 15.9 Å². The molecule has 2 aromatic rings. The molecule has 0 fully saturated rings. The quantitative estimate of drug-likeness (QED) is 0.351. The van der Waals surface area contributed by atoms with Crippen LogP contribution in [-0.2, 0) is 0 Å². The van der Waals surface area contributed by atoms with E-state index in [1.807, 2.05) is 0 Å². The Morgan fingerprint density at radius 3 is 2.57 bits per heavy atom. The molecule has 108 valence electrons. The Labute approximate surface area is 118 Å². The van der Waals surface area contributed by atoms with Crippen molar-refractivity contribution in [3.05, 3.63) is 65.2 Å². The lowest BCUT2D eigenvalue weighted by molar-refractivity contribution is 0.102. The Morgan fingerprint density at radius 1 is 1.14 bits per heavy atom.